The van der Waals surface area contributed by atoms with Crippen LogP contribution >= 0.6 is 0 Å². The van der Waals surface area contributed by atoms with Crippen LogP contribution in [0.1, 0.15) is 32.6 Å². The van der Waals surface area contributed by atoms with Crippen molar-refractivity contribution in [3.63, 3.8) is 0 Å². The van der Waals surface area contributed by atoms with E-state index in [0.29, 0.717) is 24.8 Å². The van der Waals surface area contributed by atoms with Crippen LogP contribution in [0, 0.1) is 5.92 Å². The molecule has 0 aromatic rings. The van der Waals surface area contributed by atoms with E-state index in [1.165, 1.54) is 19.3 Å². The zero-order chi connectivity index (χ0) is 11.6. The minimum Gasteiger partial charge on any atom is -0.312 e. The van der Waals surface area contributed by atoms with E-state index in [0.717, 1.165) is 13.0 Å². The highest BCUT2D eigenvalue weighted by Gasteiger charge is 2.28. The Hall–Kier alpha value is -0.130. The van der Waals surface area contributed by atoms with Gasteiger partial charge in [0.2, 0.25) is 10.0 Å². The Morgan fingerprint density at radius 1 is 1.38 bits per heavy atom. The molecule has 0 amide bonds. The van der Waals surface area contributed by atoms with E-state index in [4.69, 9.17) is 0 Å². The quantitative estimate of drug-likeness (QED) is 0.798. The highest BCUT2D eigenvalue weighted by Crippen LogP contribution is 2.30. The lowest BCUT2D eigenvalue weighted by molar-refractivity contribution is 0.293. The lowest BCUT2D eigenvalue weighted by Gasteiger charge is -2.32. The summed E-state index contributed by atoms with van der Waals surface area (Å²) in [6, 6.07) is 0.284. The maximum Gasteiger partial charge on any atom is 0.214 e. The molecule has 0 radical (unpaired) electrons. The molecule has 16 heavy (non-hydrogen) atoms. The fourth-order valence-corrected chi connectivity index (χ4v) is 4.09. The van der Waals surface area contributed by atoms with Crippen molar-refractivity contribution in [3.05, 3.63) is 0 Å². The fraction of sp³-hybridized carbons (Fsp3) is 1.00. The van der Waals surface area contributed by atoms with Crippen LogP contribution in [0.3, 0.4) is 0 Å². The molecule has 1 heterocycles. The minimum atomic E-state index is -2.99. The van der Waals surface area contributed by atoms with Crippen LogP contribution in [0.15, 0.2) is 0 Å². The molecule has 0 bridgehead atoms. The summed E-state index contributed by atoms with van der Waals surface area (Å²) in [6.07, 6.45) is 4.61. The van der Waals surface area contributed by atoms with Crippen LogP contribution < -0.4 is 5.32 Å². The molecule has 0 aromatic carbocycles. The zero-order valence-corrected chi connectivity index (χ0v) is 10.8. The molecule has 1 aliphatic carbocycles. The van der Waals surface area contributed by atoms with Crippen molar-refractivity contribution in [2.45, 2.75) is 38.6 Å². The second-order valence-electron chi connectivity index (χ2n) is 5.11. The van der Waals surface area contributed by atoms with Gasteiger partial charge in [-0.3, -0.25) is 0 Å². The molecule has 0 aromatic heterocycles. The standard InChI is InChI=1S/C11H22N2O2S/c1-10-9-13(7-6-12-10)16(14,15)8-5-11-3-2-4-11/h10-12H,2-9H2,1H3/t10-/m0/s1. The van der Waals surface area contributed by atoms with E-state index in [-0.39, 0.29) is 6.04 Å². The molecule has 5 heteroatoms. The zero-order valence-electron chi connectivity index (χ0n) is 9.98. The number of sulfonamides is 1. The topological polar surface area (TPSA) is 49.4 Å². The van der Waals surface area contributed by atoms with Gasteiger partial charge in [0.15, 0.2) is 0 Å². The number of nitrogens with zero attached hydrogens (tertiary/aromatic N) is 1. The second-order valence-corrected chi connectivity index (χ2v) is 7.20. The van der Waals surface area contributed by atoms with Gasteiger partial charge >= 0.3 is 0 Å². The van der Waals surface area contributed by atoms with Crippen molar-refractivity contribution < 1.29 is 8.42 Å². The Bertz CT molecular complexity index is 325. The molecule has 2 aliphatic rings. The van der Waals surface area contributed by atoms with Crippen LogP contribution in [-0.4, -0.2) is 44.2 Å². The average molecular weight is 246 g/mol. The molecule has 94 valence electrons. The van der Waals surface area contributed by atoms with Gasteiger partial charge in [-0.25, -0.2) is 8.42 Å². The number of hydrogen-bond acceptors (Lipinski definition) is 3. The third-order valence-corrected chi connectivity index (χ3v) is 5.60. The molecule has 0 unspecified atom stereocenters. The molecule has 4 nitrogen and oxygen atoms in total. The first-order valence-corrected chi connectivity index (χ1v) is 7.90. The number of hydrogen-bond donors (Lipinski definition) is 1. The summed E-state index contributed by atoms with van der Waals surface area (Å²) in [6.45, 7) is 4.09. The summed E-state index contributed by atoms with van der Waals surface area (Å²) in [4.78, 5) is 0. The van der Waals surface area contributed by atoms with Gasteiger partial charge in [0, 0.05) is 25.7 Å². The van der Waals surface area contributed by atoms with E-state index >= 15 is 0 Å². The van der Waals surface area contributed by atoms with E-state index in [2.05, 4.69) is 5.32 Å². The van der Waals surface area contributed by atoms with Crippen LogP contribution in [0.2, 0.25) is 0 Å². The Labute approximate surface area is 98.4 Å². The summed E-state index contributed by atoms with van der Waals surface area (Å²) in [5.74, 6) is 1.03. The van der Waals surface area contributed by atoms with Crippen LogP contribution in [0.4, 0.5) is 0 Å². The monoisotopic (exact) mass is 246 g/mol. The van der Waals surface area contributed by atoms with E-state index in [1.54, 1.807) is 4.31 Å². The number of rotatable bonds is 4. The Kier molecular flexibility index (Phi) is 3.87. The maximum atomic E-state index is 12.1. The van der Waals surface area contributed by atoms with Gasteiger partial charge in [0.05, 0.1) is 5.75 Å². The third kappa shape index (κ3) is 2.96. The molecule has 1 aliphatic heterocycles. The predicted molar refractivity (Wildman–Crippen MR) is 64.8 cm³/mol. The Morgan fingerprint density at radius 2 is 2.12 bits per heavy atom. The normalized spacial score (nSPS) is 28.9. The molecule has 1 saturated heterocycles. The highest BCUT2D eigenvalue weighted by molar-refractivity contribution is 7.89. The van der Waals surface area contributed by atoms with Gasteiger partial charge in [0.25, 0.3) is 0 Å². The molecule has 2 fully saturated rings. The van der Waals surface area contributed by atoms with E-state index in [1.807, 2.05) is 6.92 Å². The summed E-state index contributed by atoms with van der Waals surface area (Å²) >= 11 is 0. The van der Waals surface area contributed by atoms with Gasteiger partial charge in [-0.05, 0) is 19.3 Å². The van der Waals surface area contributed by atoms with Gasteiger partial charge in [-0.1, -0.05) is 19.3 Å². The largest absolute Gasteiger partial charge is 0.312 e. The van der Waals surface area contributed by atoms with Gasteiger partial charge in [0.1, 0.15) is 0 Å². The third-order valence-electron chi connectivity index (χ3n) is 3.73. The first kappa shape index (κ1) is 12.3. The summed E-state index contributed by atoms with van der Waals surface area (Å²) in [7, 11) is -2.99. The van der Waals surface area contributed by atoms with Crippen LogP contribution in [0.5, 0.6) is 0 Å². The Balaban J connectivity index is 1.84. The van der Waals surface area contributed by atoms with E-state index < -0.39 is 10.0 Å². The van der Waals surface area contributed by atoms with Crippen molar-refractivity contribution >= 4 is 10.0 Å². The SMILES string of the molecule is C[C@H]1CN(S(=O)(=O)CCC2CCC2)CCN1. The van der Waals surface area contributed by atoms with Gasteiger partial charge in [-0.15, -0.1) is 0 Å². The van der Waals surface area contributed by atoms with Crippen molar-refractivity contribution in [1.82, 2.24) is 9.62 Å². The molecule has 0 spiro atoms. The second kappa shape index (κ2) is 5.02. The lowest BCUT2D eigenvalue weighted by Crippen LogP contribution is -2.51. The summed E-state index contributed by atoms with van der Waals surface area (Å²) in [5.41, 5.74) is 0. The van der Waals surface area contributed by atoms with Crippen molar-refractivity contribution in [2.24, 2.45) is 5.92 Å². The number of piperazine rings is 1. The first-order valence-electron chi connectivity index (χ1n) is 6.29. The average Bonchev–Trinajstić information content (AvgIpc) is 2.15. The summed E-state index contributed by atoms with van der Waals surface area (Å²) in [5, 5.41) is 3.27. The molecule has 1 saturated carbocycles. The van der Waals surface area contributed by atoms with Crippen LogP contribution in [-0.2, 0) is 10.0 Å². The lowest BCUT2D eigenvalue weighted by atomic mass is 9.84. The molecular weight excluding hydrogens is 224 g/mol. The Morgan fingerprint density at radius 3 is 2.69 bits per heavy atom. The molecule has 1 N–H and O–H groups in total. The van der Waals surface area contributed by atoms with Crippen molar-refractivity contribution in [1.29, 1.82) is 0 Å². The van der Waals surface area contributed by atoms with Crippen molar-refractivity contribution in [2.75, 3.05) is 25.4 Å². The van der Waals surface area contributed by atoms with Gasteiger partial charge < -0.3 is 5.32 Å². The smallest absolute Gasteiger partial charge is 0.214 e. The predicted octanol–water partition coefficient (Wildman–Crippen LogP) is 0.800. The highest BCUT2D eigenvalue weighted by atomic mass is 32.2. The number of nitrogens with one attached hydrogen (secondary N) is 1. The van der Waals surface area contributed by atoms with Gasteiger partial charge in [-0.2, -0.15) is 4.31 Å². The minimum absolute atomic E-state index is 0.284. The molecule has 2 rings (SSSR count). The fourth-order valence-electron chi connectivity index (χ4n) is 2.38. The van der Waals surface area contributed by atoms with E-state index in [9.17, 15) is 8.42 Å². The molecular formula is C11H22N2O2S. The first-order chi connectivity index (χ1) is 7.58. The summed E-state index contributed by atoms with van der Waals surface area (Å²) < 4.78 is 25.8. The maximum absolute atomic E-state index is 12.1. The van der Waals surface area contributed by atoms with Crippen LogP contribution in [0.25, 0.3) is 0 Å². The molecule has 1 atom stereocenters. The van der Waals surface area contributed by atoms with Crippen molar-refractivity contribution in [3.8, 4) is 0 Å².